The van der Waals surface area contributed by atoms with Crippen molar-refractivity contribution in [3.63, 3.8) is 0 Å². The van der Waals surface area contributed by atoms with Gasteiger partial charge in [-0.25, -0.2) is 4.79 Å². The van der Waals surface area contributed by atoms with Crippen LogP contribution in [-0.4, -0.2) is 47.2 Å². The number of amides is 1. The van der Waals surface area contributed by atoms with Gasteiger partial charge < -0.3 is 25.0 Å². The second kappa shape index (κ2) is 10.1. The molecule has 2 aromatic rings. The number of ether oxygens (including phenoxy) is 1. The molecule has 0 unspecified atom stereocenters. The molecule has 0 spiro atoms. The standard InChI is InChI=1S/C24H37N3O3S/c1-6-17-18-8-9-19(28)21(20(18)26-22(17)31-7-2)27-14-11-16(12-15-27)10-13-25-23(29)30-24(3,4)5/h8-9,16,26,28H,6-7,10-15H2,1-5H3,(H,25,29). The number of phenols is 1. The van der Waals surface area contributed by atoms with E-state index in [2.05, 4.69) is 29.0 Å². The summed E-state index contributed by atoms with van der Waals surface area (Å²) in [4.78, 5) is 17.7. The number of anilines is 1. The molecule has 1 aromatic heterocycles. The van der Waals surface area contributed by atoms with E-state index in [1.165, 1.54) is 16.0 Å². The fourth-order valence-electron chi connectivity index (χ4n) is 4.35. The number of fused-ring (bicyclic) bond motifs is 1. The molecule has 1 amide bonds. The molecular weight excluding hydrogens is 410 g/mol. The first-order valence-corrected chi connectivity index (χ1v) is 12.4. The van der Waals surface area contributed by atoms with Crippen molar-refractivity contribution >= 4 is 34.4 Å². The van der Waals surface area contributed by atoms with Crippen molar-refractivity contribution in [3.05, 3.63) is 17.7 Å². The van der Waals surface area contributed by atoms with Gasteiger partial charge in [-0.15, -0.1) is 11.8 Å². The van der Waals surface area contributed by atoms with Crippen molar-refractivity contribution in [1.82, 2.24) is 10.3 Å². The number of rotatable bonds is 7. The number of carbonyl (C=O) groups excluding carboxylic acids is 1. The van der Waals surface area contributed by atoms with E-state index >= 15 is 0 Å². The monoisotopic (exact) mass is 447 g/mol. The minimum atomic E-state index is -0.469. The van der Waals surface area contributed by atoms with E-state index in [-0.39, 0.29) is 6.09 Å². The van der Waals surface area contributed by atoms with Crippen LogP contribution in [0.3, 0.4) is 0 Å². The van der Waals surface area contributed by atoms with E-state index in [9.17, 15) is 9.90 Å². The Balaban J connectivity index is 1.63. The summed E-state index contributed by atoms with van der Waals surface area (Å²) in [5, 5.41) is 16.0. The molecule has 0 atom stereocenters. The zero-order chi connectivity index (χ0) is 22.6. The average Bonchev–Trinajstić information content (AvgIpc) is 3.04. The van der Waals surface area contributed by atoms with E-state index in [4.69, 9.17) is 4.74 Å². The average molecular weight is 448 g/mol. The van der Waals surface area contributed by atoms with E-state index in [0.29, 0.717) is 18.2 Å². The van der Waals surface area contributed by atoms with Crippen molar-refractivity contribution in [3.8, 4) is 5.75 Å². The fourth-order valence-corrected chi connectivity index (χ4v) is 5.24. The van der Waals surface area contributed by atoms with Crippen LogP contribution >= 0.6 is 11.8 Å². The van der Waals surface area contributed by atoms with Crippen LogP contribution in [0.2, 0.25) is 0 Å². The van der Waals surface area contributed by atoms with Crippen LogP contribution in [-0.2, 0) is 11.2 Å². The summed E-state index contributed by atoms with van der Waals surface area (Å²) in [7, 11) is 0. The Kier molecular flexibility index (Phi) is 7.68. The summed E-state index contributed by atoms with van der Waals surface area (Å²) >= 11 is 1.83. The smallest absolute Gasteiger partial charge is 0.407 e. The van der Waals surface area contributed by atoms with Crippen LogP contribution in [0.5, 0.6) is 5.75 Å². The lowest BCUT2D eigenvalue weighted by Gasteiger charge is -2.34. The molecular formula is C24H37N3O3S. The van der Waals surface area contributed by atoms with Crippen LogP contribution < -0.4 is 10.2 Å². The highest BCUT2D eigenvalue weighted by Gasteiger charge is 2.25. The molecule has 1 aromatic carbocycles. The molecule has 1 aliphatic heterocycles. The zero-order valence-corrected chi connectivity index (χ0v) is 20.3. The summed E-state index contributed by atoms with van der Waals surface area (Å²) in [6.45, 7) is 12.4. The first kappa shape index (κ1) is 23.6. The number of piperidine rings is 1. The fraction of sp³-hybridized carbons (Fsp3) is 0.625. The van der Waals surface area contributed by atoms with Gasteiger partial charge in [0, 0.05) is 25.0 Å². The molecule has 1 aliphatic rings. The quantitative estimate of drug-likeness (QED) is 0.476. The number of alkyl carbamates (subject to hydrolysis) is 1. The van der Waals surface area contributed by atoms with Gasteiger partial charge >= 0.3 is 6.09 Å². The number of phenolic OH excluding ortho intramolecular Hbond substituents is 1. The van der Waals surface area contributed by atoms with E-state index in [0.717, 1.165) is 55.7 Å². The third-order valence-electron chi connectivity index (χ3n) is 5.79. The molecule has 31 heavy (non-hydrogen) atoms. The topological polar surface area (TPSA) is 77.6 Å². The molecule has 1 fully saturated rings. The third kappa shape index (κ3) is 5.82. The van der Waals surface area contributed by atoms with Crippen LogP contribution in [0.4, 0.5) is 10.5 Å². The van der Waals surface area contributed by atoms with Gasteiger partial charge in [0.05, 0.1) is 10.5 Å². The zero-order valence-electron chi connectivity index (χ0n) is 19.5. The van der Waals surface area contributed by atoms with Gasteiger partial charge in [0.1, 0.15) is 17.0 Å². The predicted molar refractivity (Wildman–Crippen MR) is 130 cm³/mol. The summed E-state index contributed by atoms with van der Waals surface area (Å²) in [5.74, 6) is 1.92. The highest BCUT2D eigenvalue weighted by atomic mass is 32.2. The number of thioether (sulfide) groups is 1. The maximum atomic E-state index is 11.8. The van der Waals surface area contributed by atoms with Crippen LogP contribution in [0, 0.1) is 5.92 Å². The lowest BCUT2D eigenvalue weighted by Crippen LogP contribution is -2.36. The number of aromatic amines is 1. The Labute approximate surface area is 190 Å². The van der Waals surface area contributed by atoms with Gasteiger partial charge in [0.2, 0.25) is 0 Å². The van der Waals surface area contributed by atoms with Gasteiger partial charge in [-0.2, -0.15) is 0 Å². The van der Waals surface area contributed by atoms with Crippen molar-refractivity contribution in [2.45, 2.75) is 70.9 Å². The number of hydrogen-bond acceptors (Lipinski definition) is 5. The van der Waals surface area contributed by atoms with E-state index < -0.39 is 5.60 Å². The maximum absolute atomic E-state index is 11.8. The van der Waals surface area contributed by atoms with E-state index in [1.807, 2.05) is 44.7 Å². The van der Waals surface area contributed by atoms with Gasteiger partial charge in [-0.05, 0) is 75.8 Å². The van der Waals surface area contributed by atoms with Gasteiger partial charge in [0.15, 0.2) is 0 Å². The number of aromatic hydroxyl groups is 1. The van der Waals surface area contributed by atoms with Crippen molar-refractivity contribution in [2.75, 3.05) is 30.3 Å². The van der Waals surface area contributed by atoms with Crippen molar-refractivity contribution in [1.29, 1.82) is 0 Å². The first-order chi connectivity index (χ1) is 14.7. The minimum absolute atomic E-state index is 0.342. The summed E-state index contributed by atoms with van der Waals surface area (Å²) in [5.41, 5.74) is 2.85. The molecule has 7 heteroatoms. The predicted octanol–water partition coefficient (Wildman–Crippen LogP) is 5.68. The number of H-pyrrole nitrogens is 1. The molecule has 3 N–H and O–H groups in total. The summed E-state index contributed by atoms with van der Waals surface area (Å²) in [6.07, 6.45) is 3.66. The second-order valence-electron chi connectivity index (χ2n) is 9.22. The summed E-state index contributed by atoms with van der Waals surface area (Å²) < 4.78 is 5.30. The Morgan fingerprint density at radius 2 is 2.00 bits per heavy atom. The van der Waals surface area contributed by atoms with Crippen molar-refractivity contribution in [2.24, 2.45) is 5.92 Å². The number of aromatic nitrogens is 1. The number of hydrogen-bond donors (Lipinski definition) is 3. The Morgan fingerprint density at radius 3 is 2.61 bits per heavy atom. The normalized spacial score (nSPS) is 15.5. The minimum Gasteiger partial charge on any atom is -0.506 e. The Morgan fingerprint density at radius 1 is 1.29 bits per heavy atom. The third-order valence-corrected chi connectivity index (χ3v) is 6.71. The number of carbonyl (C=O) groups is 1. The molecule has 172 valence electrons. The Hall–Kier alpha value is -2.02. The second-order valence-corrected chi connectivity index (χ2v) is 10.5. The molecule has 0 bridgehead atoms. The van der Waals surface area contributed by atoms with Gasteiger partial charge in [0.25, 0.3) is 0 Å². The molecule has 2 heterocycles. The lowest BCUT2D eigenvalue weighted by molar-refractivity contribution is 0.0524. The molecule has 6 nitrogen and oxygen atoms in total. The lowest BCUT2D eigenvalue weighted by atomic mass is 9.93. The summed E-state index contributed by atoms with van der Waals surface area (Å²) in [6, 6.07) is 3.88. The molecule has 0 radical (unpaired) electrons. The number of aryl methyl sites for hydroxylation is 1. The molecule has 3 rings (SSSR count). The van der Waals surface area contributed by atoms with Gasteiger partial charge in [-0.3, -0.25) is 0 Å². The van der Waals surface area contributed by atoms with Crippen molar-refractivity contribution < 1.29 is 14.6 Å². The Bertz CT molecular complexity index is 896. The van der Waals surface area contributed by atoms with Crippen LogP contribution in [0.15, 0.2) is 17.2 Å². The molecule has 1 saturated heterocycles. The number of nitrogens with one attached hydrogen (secondary N) is 2. The highest BCUT2D eigenvalue weighted by molar-refractivity contribution is 7.99. The number of nitrogens with zero attached hydrogens (tertiary/aromatic N) is 1. The van der Waals surface area contributed by atoms with Crippen LogP contribution in [0.25, 0.3) is 10.9 Å². The maximum Gasteiger partial charge on any atom is 0.407 e. The van der Waals surface area contributed by atoms with Gasteiger partial charge in [-0.1, -0.05) is 13.8 Å². The van der Waals surface area contributed by atoms with Crippen LogP contribution in [0.1, 0.15) is 59.4 Å². The molecule has 0 aliphatic carbocycles. The first-order valence-electron chi connectivity index (χ1n) is 11.4. The molecule has 0 saturated carbocycles. The largest absolute Gasteiger partial charge is 0.506 e. The van der Waals surface area contributed by atoms with E-state index in [1.54, 1.807) is 0 Å². The number of benzene rings is 1. The highest BCUT2D eigenvalue weighted by Crippen LogP contribution is 2.41. The SMILES string of the molecule is CCSc1[nH]c2c(N3CCC(CCNC(=O)OC(C)(C)C)CC3)c(O)ccc2c1CC.